The van der Waals surface area contributed by atoms with Crippen molar-refractivity contribution in [3.63, 3.8) is 0 Å². The maximum absolute atomic E-state index is 11.8. The van der Waals surface area contributed by atoms with E-state index in [1.807, 2.05) is 18.2 Å². The highest BCUT2D eigenvalue weighted by Gasteiger charge is 2.04. The summed E-state index contributed by atoms with van der Waals surface area (Å²) in [5, 5.41) is 6.23. The fourth-order valence-corrected chi connectivity index (χ4v) is 2.35. The molecule has 23 heavy (non-hydrogen) atoms. The molecule has 0 spiro atoms. The minimum atomic E-state index is -0.363. The van der Waals surface area contributed by atoms with Gasteiger partial charge in [-0.3, -0.25) is 0 Å². The number of nitrogens with one attached hydrogen (secondary N) is 2. The van der Waals surface area contributed by atoms with E-state index >= 15 is 0 Å². The number of halogens is 2. The molecule has 5 nitrogen and oxygen atoms in total. The first-order valence-corrected chi connectivity index (χ1v) is 7.60. The highest BCUT2D eigenvalue weighted by Crippen LogP contribution is 2.22. The van der Waals surface area contributed by atoms with Crippen LogP contribution in [-0.4, -0.2) is 26.3 Å². The Morgan fingerprint density at radius 3 is 2.48 bits per heavy atom. The average molecular weight is 355 g/mol. The second-order valence-electron chi connectivity index (χ2n) is 4.57. The smallest absolute Gasteiger partial charge is 0.319 e. The van der Waals surface area contributed by atoms with Crippen LogP contribution in [0.5, 0.6) is 11.5 Å². The topological polar surface area (TPSA) is 59.6 Å². The van der Waals surface area contributed by atoms with Gasteiger partial charge in [0.15, 0.2) is 0 Å². The van der Waals surface area contributed by atoms with Gasteiger partial charge in [-0.05, 0) is 30.3 Å². The zero-order valence-electron chi connectivity index (χ0n) is 12.4. The van der Waals surface area contributed by atoms with E-state index < -0.39 is 0 Å². The van der Waals surface area contributed by atoms with Gasteiger partial charge in [-0.2, -0.15) is 0 Å². The number of benzene rings is 2. The highest BCUT2D eigenvalue weighted by atomic mass is 35.5. The second kappa shape index (κ2) is 8.50. The summed E-state index contributed by atoms with van der Waals surface area (Å²) < 4.78 is 10.6. The lowest BCUT2D eigenvalue weighted by molar-refractivity contribution is 0.247. The first kappa shape index (κ1) is 17.2. The van der Waals surface area contributed by atoms with Gasteiger partial charge in [0, 0.05) is 21.8 Å². The maximum Gasteiger partial charge on any atom is 0.319 e. The largest absolute Gasteiger partial charge is 0.497 e. The van der Waals surface area contributed by atoms with E-state index in [1.54, 1.807) is 31.4 Å². The van der Waals surface area contributed by atoms with Gasteiger partial charge in [-0.15, -0.1) is 0 Å². The summed E-state index contributed by atoms with van der Waals surface area (Å²) in [5.41, 5.74) is 0.522. The predicted molar refractivity (Wildman–Crippen MR) is 92.0 cm³/mol. The molecule has 0 atom stereocenters. The van der Waals surface area contributed by atoms with Crippen LogP contribution in [-0.2, 0) is 0 Å². The van der Waals surface area contributed by atoms with Gasteiger partial charge < -0.3 is 20.1 Å². The third-order valence-corrected chi connectivity index (χ3v) is 3.25. The first-order chi connectivity index (χ1) is 11.1. The lowest BCUT2D eigenvalue weighted by Crippen LogP contribution is -2.32. The summed E-state index contributed by atoms with van der Waals surface area (Å²) in [7, 11) is 1.59. The quantitative estimate of drug-likeness (QED) is 0.764. The van der Waals surface area contributed by atoms with Crippen molar-refractivity contribution >= 4 is 34.9 Å². The Balaban J connectivity index is 1.74. The Morgan fingerprint density at radius 2 is 1.78 bits per heavy atom. The maximum atomic E-state index is 11.8. The van der Waals surface area contributed by atoms with Gasteiger partial charge in [-0.1, -0.05) is 29.3 Å². The van der Waals surface area contributed by atoms with E-state index in [-0.39, 0.29) is 6.03 Å². The number of methoxy groups -OCH3 is 1. The normalized spacial score (nSPS) is 10.0. The number of carbonyl (C=O) groups excluding carboxylic acids is 1. The zero-order chi connectivity index (χ0) is 16.7. The zero-order valence-corrected chi connectivity index (χ0v) is 13.9. The molecule has 0 aliphatic carbocycles. The third-order valence-electron chi connectivity index (χ3n) is 2.82. The van der Waals surface area contributed by atoms with Crippen LogP contribution < -0.4 is 20.1 Å². The van der Waals surface area contributed by atoms with Crippen molar-refractivity contribution in [1.82, 2.24) is 5.32 Å². The highest BCUT2D eigenvalue weighted by molar-refractivity contribution is 6.35. The van der Waals surface area contributed by atoms with Crippen LogP contribution in [0.1, 0.15) is 0 Å². The molecule has 0 saturated carbocycles. The SMILES string of the molecule is COc1cccc(OCCNC(=O)Nc2cc(Cl)cc(Cl)c2)c1. The van der Waals surface area contributed by atoms with E-state index in [4.69, 9.17) is 32.7 Å². The molecule has 2 rings (SSSR count). The molecule has 7 heteroatoms. The fraction of sp³-hybridized carbons (Fsp3) is 0.188. The number of rotatable bonds is 6. The van der Waals surface area contributed by atoms with Gasteiger partial charge >= 0.3 is 6.03 Å². The van der Waals surface area contributed by atoms with Gasteiger partial charge in [-0.25, -0.2) is 4.79 Å². The monoisotopic (exact) mass is 354 g/mol. The van der Waals surface area contributed by atoms with E-state index in [2.05, 4.69) is 10.6 Å². The summed E-state index contributed by atoms with van der Waals surface area (Å²) >= 11 is 11.7. The van der Waals surface area contributed by atoms with E-state index in [9.17, 15) is 4.79 Å². The number of ether oxygens (including phenoxy) is 2. The summed E-state index contributed by atoms with van der Waals surface area (Å²) in [6.07, 6.45) is 0. The Kier molecular flexibility index (Phi) is 6.38. The van der Waals surface area contributed by atoms with Crippen molar-refractivity contribution in [2.75, 3.05) is 25.6 Å². The number of hydrogen-bond donors (Lipinski definition) is 2. The molecule has 0 heterocycles. The number of amides is 2. The molecule has 2 aromatic rings. The third kappa shape index (κ3) is 5.88. The van der Waals surface area contributed by atoms with Gasteiger partial charge in [0.05, 0.1) is 13.7 Å². The van der Waals surface area contributed by atoms with Crippen molar-refractivity contribution in [3.05, 3.63) is 52.5 Å². The van der Waals surface area contributed by atoms with Gasteiger partial charge in [0.2, 0.25) is 0 Å². The van der Waals surface area contributed by atoms with Crippen LogP contribution in [0.4, 0.5) is 10.5 Å². The molecule has 2 aromatic carbocycles. The number of hydrogen-bond acceptors (Lipinski definition) is 3. The van der Waals surface area contributed by atoms with Crippen LogP contribution in [0.15, 0.2) is 42.5 Å². The lowest BCUT2D eigenvalue weighted by atomic mass is 10.3. The molecule has 2 N–H and O–H groups in total. The van der Waals surface area contributed by atoms with Crippen molar-refractivity contribution in [2.24, 2.45) is 0 Å². The van der Waals surface area contributed by atoms with Crippen LogP contribution in [0, 0.1) is 0 Å². The number of urea groups is 1. The van der Waals surface area contributed by atoms with Crippen molar-refractivity contribution in [2.45, 2.75) is 0 Å². The molecule has 0 fully saturated rings. The van der Waals surface area contributed by atoms with Crippen molar-refractivity contribution in [1.29, 1.82) is 0 Å². The Morgan fingerprint density at radius 1 is 1.09 bits per heavy atom. The summed E-state index contributed by atoms with van der Waals surface area (Å²) in [6.45, 7) is 0.675. The minimum Gasteiger partial charge on any atom is -0.497 e. The van der Waals surface area contributed by atoms with E-state index in [1.165, 1.54) is 0 Å². The summed E-state index contributed by atoms with van der Waals surface area (Å²) in [6, 6.07) is 11.7. The summed E-state index contributed by atoms with van der Waals surface area (Å²) in [4.78, 5) is 11.8. The predicted octanol–water partition coefficient (Wildman–Crippen LogP) is 4.20. The van der Waals surface area contributed by atoms with Crippen LogP contribution in [0.3, 0.4) is 0 Å². The van der Waals surface area contributed by atoms with E-state index in [0.717, 1.165) is 0 Å². The van der Waals surface area contributed by atoms with Crippen LogP contribution >= 0.6 is 23.2 Å². The molecular weight excluding hydrogens is 339 g/mol. The van der Waals surface area contributed by atoms with Gasteiger partial charge in [0.25, 0.3) is 0 Å². The Bertz CT molecular complexity index is 660. The molecule has 2 amide bonds. The lowest BCUT2D eigenvalue weighted by Gasteiger charge is -2.10. The first-order valence-electron chi connectivity index (χ1n) is 6.84. The minimum absolute atomic E-state index is 0.330. The summed E-state index contributed by atoms with van der Waals surface area (Å²) in [5.74, 6) is 1.39. The molecule has 0 unspecified atom stereocenters. The molecular formula is C16H16Cl2N2O3. The van der Waals surface area contributed by atoms with Crippen LogP contribution in [0.25, 0.3) is 0 Å². The Labute approximate surface area is 144 Å². The molecule has 122 valence electrons. The number of carbonyl (C=O) groups is 1. The van der Waals surface area contributed by atoms with Crippen LogP contribution in [0.2, 0.25) is 10.0 Å². The molecule has 0 aromatic heterocycles. The molecule has 0 saturated heterocycles. The molecule has 0 aliphatic rings. The second-order valence-corrected chi connectivity index (χ2v) is 5.44. The number of anilines is 1. The van der Waals surface area contributed by atoms with Crippen molar-refractivity contribution < 1.29 is 14.3 Å². The fourth-order valence-electron chi connectivity index (χ4n) is 1.83. The van der Waals surface area contributed by atoms with Gasteiger partial charge in [0.1, 0.15) is 18.1 Å². The molecule has 0 bridgehead atoms. The van der Waals surface area contributed by atoms with E-state index in [0.29, 0.717) is 40.4 Å². The molecule has 0 radical (unpaired) electrons. The van der Waals surface area contributed by atoms with Crippen molar-refractivity contribution in [3.8, 4) is 11.5 Å². The Hall–Kier alpha value is -2.11. The standard InChI is InChI=1S/C16H16Cl2N2O3/c1-22-14-3-2-4-15(10-14)23-6-5-19-16(21)20-13-8-11(17)7-12(18)9-13/h2-4,7-10H,5-6H2,1H3,(H2,19,20,21). The average Bonchev–Trinajstić information content (AvgIpc) is 2.51. The molecule has 0 aliphatic heterocycles.